The minimum absolute atomic E-state index is 0.976. The summed E-state index contributed by atoms with van der Waals surface area (Å²) in [5.74, 6) is 0. The average molecular weight is 300 g/mol. The van der Waals surface area contributed by atoms with E-state index in [1.807, 2.05) is 25.6 Å². The highest BCUT2D eigenvalue weighted by molar-refractivity contribution is 5.81. The molecule has 0 bridgehead atoms. The number of nitrogens with zero attached hydrogens (tertiary/aromatic N) is 3. The Kier molecular flexibility index (Phi) is 3.27. The van der Waals surface area contributed by atoms with Gasteiger partial charge < -0.3 is 5.32 Å². The lowest BCUT2D eigenvalue weighted by Gasteiger charge is -2.08. The van der Waals surface area contributed by atoms with E-state index in [1.165, 1.54) is 0 Å². The van der Waals surface area contributed by atoms with E-state index >= 15 is 0 Å². The van der Waals surface area contributed by atoms with Crippen LogP contribution in [-0.4, -0.2) is 21.6 Å². The molecule has 0 amide bonds. The van der Waals surface area contributed by atoms with Crippen LogP contribution >= 0.6 is 0 Å². The van der Waals surface area contributed by atoms with Crippen molar-refractivity contribution in [1.82, 2.24) is 14.5 Å². The van der Waals surface area contributed by atoms with Crippen molar-refractivity contribution in [2.75, 3.05) is 12.4 Å². The zero-order chi connectivity index (χ0) is 15.6. The van der Waals surface area contributed by atoms with Gasteiger partial charge in [-0.3, -0.25) is 9.55 Å². The maximum absolute atomic E-state index is 4.52. The van der Waals surface area contributed by atoms with Crippen molar-refractivity contribution in [3.8, 4) is 16.8 Å². The van der Waals surface area contributed by atoms with Crippen molar-refractivity contribution in [2.45, 2.75) is 0 Å². The number of imidazole rings is 1. The van der Waals surface area contributed by atoms with Crippen LogP contribution < -0.4 is 5.32 Å². The average Bonchev–Trinajstić information content (AvgIpc) is 3.05. The Bertz CT molecular complexity index is 957. The van der Waals surface area contributed by atoms with Crippen LogP contribution in [0.4, 0.5) is 5.69 Å². The lowest BCUT2D eigenvalue weighted by atomic mass is 10.1. The van der Waals surface area contributed by atoms with Gasteiger partial charge in [-0.1, -0.05) is 18.2 Å². The van der Waals surface area contributed by atoms with Crippen LogP contribution in [0, 0.1) is 0 Å². The van der Waals surface area contributed by atoms with Gasteiger partial charge in [0.05, 0.1) is 11.0 Å². The van der Waals surface area contributed by atoms with Gasteiger partial charge in [-0.05, 0) is 42.0 Å². The first kappa shape index (κ1) is 13.5. The zero-order valence-corrected chi connectivity index (χ0v) is 12.8. The lowest BCUT2D eigenvalue weighted by molar-refractivity contribution is 1.09. The smallest absolute Gasteiger partial charge is 0.100 e. The zero-order valence-electron chi connectivity index (χ0n) is 12.8. The van der Waals surface area contributed by atoms with Crippen molar-refractivity contribution in [3.05, 3.63) is 73.3 Å². The summed E-state index contributed by atoms with van der Waals surface area (Å²) in [6.07, 6.45) is 5.53. The Balaban J connectivity index is 1.82. The molecule has 0 saturated heterocycles. The number of rotatable bonds is 3. The van der Waals surface area contributed by atoms with Crippen LogP contribution in [-0.2, 0) is 0 Å². The van der Waals surface area contributed by atoms with E-state index in [1.54, 1.807) is 6.20 Å². The molecule has 0 saturated carbocycles. The first-order valence-corrected chi connectivity index (χ1v) is 7.51. The highest BCUT2D eigenvalue weighted by Gasteiger charge is 2.06. The first-order valence-electron chi connectivity index (χ1n) is 7.51. The van der Waals surface area contributed by atoms with Gasteiger partial charge >= 0.3 is 0 Å². The van der Waals surface area contributed by atoms with Crippen molar-refractivity contribution < 1.29 is 0 Å². The van der Waals surface area contributed by atoms with Crippen molar-refractivity contribution in [3.63, 3.8) is 0 Å². The van der Waals surface area contributed by atoms with Crippen molar-refractivity contribution in [1.29, 1.82) is 0 Å². The quantitative estimate of drug-likeness (QED) is 0.618. The predicted molar refractivity (Wildman–Crippen MR) is 93.8 cm³/mol. The molecule has 4 heteroatoms. The third-order valence-electron chi connectivity index (χ3n) is 3.96. The van der Waals surface area contributed by atoms with Crippen molar-refractivity contribution >= 4 is 16.7 Å². The summed E-state index contributed by atoms with van der Waals surface area (Å²) in [4.78, 5) is 8.71. The number of nitrogens with one attached hydrogen (secondary N) is 1. The topological polar surface area (TPSA) is 42.7 Å². The normalized spacial score (nSPS) is 10.8. The molecule has 4 nitrogen and oxygen atoms in total. The number of benzene rings is 2. The molecule has 23 heavy (non-hydrogen) atoms. The molecule has 2 aromatic heterocycles. The first-order chi connectivity index (χ1) is 11.3. The van der Waals surface area contributed by atoms with Gasteiger partial charge in [-0.2, -0.15) is 0 Å². The van der Waals surface area contributed by atoms with E-state index < -0.39 is 0 Å². The van der Waals surface area contributed by atoms with Gasteiger partial charge in [-0.25, -0.2) is 4.98 Å². The van der Waals surface area contributed by atoms with Gasteiger partial charge in [0.25, 0.3) is 0 Å². The molecule has 0 unspecified atom stereocenters. The summed E-state index contributed by atoms with van der Waals surface area (Å²) in [7, 11) is 1.91. The Morgan fingerprint density at radius 3 is 2.70 bits per heavy atom. The summed E-state index contributed by atoms with van der Waals surface area (Å²) in [6, 6.07) is 18.6. The van der Waals surface area contributed by atoms with Crippen molar-refractivity contribution in [2.24, 2.45) is 0 Å². The molecule has 0 aliphatic rings. The van der Waals surface area contributed by atoms with E-state index in [9.17, 15) is 0 Å². The summed E-state index contributed by atoms with van der Waals surface area (Å²) in [5, 5.41) is 3.14. The second kappa shape index (κ2) is 5.57. The van der Waals surface area contributed by atoms with Crippen LogP contribution in [0.3, 0.4) is 0 Å². The molecule has 1 N–H and O–H groups in total. The van der Waals surface area contributed by atoms with Gasteiger partial charge in [0.15, 0.2) is 0 Å². The fourth-order valence-corrected chi connectivity index (χ4v) is 2.74. The van der Waals surface area contributed by atoms with Crippen LogP contribution in [0.15, 0.2) is 73.3 Å². The number of anilines is 1. The monoisotopic (exact) mass is 300 g/mol. The summed E-state index contributed by atoms with van der Waals surface area (Å²) in [6.45, 7) is 0. The van der Waals surface area contributed by atoms with Gasteiger partial charge in [-0.15, -0.1) is 0 Å². The highest BCUT2D eigenvalue weighted by Crippen LogP contribution is 2.25. The summed E-state index contributed by atoms with van der Waals surface area (Å²) >= 11 is 0. The Morgan fingerprint density at radius 2 is 1.87 bits per heavy atom. The molecular weight excluding hydrogens is 284 g/mol. The number of aromatic nitrogens is 3. The number of hydrogen-bond donors (Lipinski definition) is 1. The predicted octanol–water partition coefficient (Wildman–Crippen LogP) is 4.13. The van der Waals surface area contributed by atoms with E-state index in [2.05, 4.69) is 68.4 Å². The number of hydrogen-bond acceptors (Lipinski definition) is 3. The fraction of sp³-hybridized carbons (Fsp3) is 0.0526. The van der Waals surface area contributed by atoms with Gasteiger partial charge in [0.2, 0.25) is 0 Å². The third kappa shape index (κ3) is 2.44. The summed E-state index contributed by atoms with van der Waals surface area (Å²) in [5.41, 5.74) is 6.47. The van der Waals surface area contributed by atoms with Crippen LogP contribution in [0.25, 0.3) is 27.8 Å². The SMILES string of the molecule is CNc1ccc2c(c1)ncn2-c1cccc(-c2cccnc2)c1. The number of fused-ring (bicyclic) bond motifs is 1. The molecule has 4 rings (SSSR count). The molecule has 0 spiro atoms. The maximum Gasteiger partial charge on any atom is 0.100 e. The Hall–Kier alpha value is -3.14. The molecule has 2 heterocycles. The Labute approximate surface area is 134 Å². The van der Waals surface area contributed by atoms with Crippen LogP contribution in [0.2, 0.25) is 0 Å². The lowest BCUT2D eigenvalue weighted by Crippen LogP contribution is -1.93. The van der Waals surface area contributed by atoms with E-state index in [0.717, 1.165) is 33.5 Å². The Morgan fingerprint density at radius 1 is 0.957 bits per heavy atom. The van der Waals surface area contributed by atoms with E-state index in [0.29, 0.717) is 0 Å². The van der Waals surface area contributed by atoms with E-state index in [-0.39, 0.29) is 0 Å². The second-order valence-corrected chi connectivity index (χ2v) is 5.36. The molecule has 0 atom stereocenters. The standard InChI is InChI=1S/C19H16N4/c1-20-16-7-8-19-18(11-16)22-13-23(19)17-6-2-4-14(10-17)15-5-3-9-21-12-15/h2-13,20H,1H3. The van der Waals surface area contributed by atoms with E-state index in [4.69, 9.17) is 0 Å². The minimum atomic E-state index is 0.976. The van der Waals surface area contributed by atoms with Crippen LogP contribution in [0.1, 0.15) is 0 Å². The molecule has 0 aliphatic carbocycles. The molecule has 112 valence electrons. The number of pyridine rings is 1. The van der Waals surface area contributed by atoms with Gasteiger partial charge in [0.1, 0.15) is 6.33 Å². The molecule has 0 radical (unpaired) electrons. The fourth-order valence-electron chi connectivity index (χ4n) is 2.74. The van der Waals surface area contributed by atoms with Gasteiger partial charge in [0, 0.05) is 36.4 Å². The summed E-state index contributed by atoms with van der Waals surface area (Å²) < 4.78 is 2.11. The third-order valence-corrected chi connectivity index (χ3v) is 3.96. The molecular formula is C19H16N4. The molecule has 4 aromatic rings. The maximum atomic E-state index is 4.52. The molecule has 2 aromatic carbocycles. The highest BCUT2D eigenvalue weighted by atomic mass is 15.0. The van der Waals surface area contributed by atoms with Crippen LogP contribution in [0.5, 0.6) is 0 Å². The molecule has 0 aliphatic heterocycles. The second-order valence-electron chi connectivity index (χ2n) is 5.36. The minimum Gasteiger partial charge on any atom is -0.388 e. The molecule has 0 fully saturated rings. The largest absolute Gasteiger partial charge is 0.388 e.